The summed E-state index contributed by atoms with van der Waals surface area (Å²) in [5, 5.41) is 5.20. The predicted molar refractivity (Wildman–Crippen MR) is 76.1 cm³/mol. The average molecular weight is 265 g/mol. The van der Waals surface area contributed by atoms with Crippen molar-refractivity contribution in [2.75, 3.05) is 13.6 Å². The van der Waals surface area contributed by atoms with Crippen molar-refractivity contribution in [3.8, 4) is 0 Å². The lowest BCUT2D eigenvalue weighted by molar-refractivity contribution is 0.297. The van der Waals surface area contributed by atoms with Crippen LogP contribution >= 0.6 is 11.3 Å². The van der Waals surface area contributed by atoms with Gasteiger partial charge in [-0.05, 0) is 47.1 Å². The van der Waals surface area contributed by atoms with Gasteiger partial charge in [-0.15, -0.1) is 11.3 Å². The number of aryl methyl sites for hydroxylation is 2. The van der Waals surface area contributed by atoms with Crippen molar-refractivity contribution in [3.05, 3.63) is 15.6 Å². The molecule has 1 saturated carbocycles. The Balaban J connectivity index is 1.94. The quantitative estimate of drug-likeness (QED) is 0.910. The molecule has 0 radical (unpaired) electrons. The number of aromatic nitrogens is 1. The van der Waals surface area contributed by atoms with E-state index in [0.717, 1.165) is 12.6 Å². The van der Waals surface area contributed by atoms with E-state index in [1.165, 1.54) is 34.8 Å². The van der Waals surface area contributed by atoms with Gasteiger partial charge in [0.15, 0.2) is 0 Å². The van der Waals surface area contributed by atoms with Gasteiger partial charge in [-0.2, -0.15) is 0 Å². The van der Waals surface area contributed by atoms with Crippen molar-refractivity contribution in [2.45, 2.75) is 57.7 Å². The first-order chi connectivity index (χ1) is 8.50. The first kappa shape index (κ1) is 12.6. The first-order valence-electron chi connectivity index (χ1n) is 6.92. The zero-order valence-corrected chi connectivity index (χ0v) is 12.6. The molecule has 18 heavy (non-hydrogen) atoms. The molecule has 2 aliphatic rings. The zero-order valence-electron chi connectivity index (χ0n) is 11.8. The van der Waals surface area contributed by atoms with Crippen LogP contribution in [-0.2, 0) is 5.54 Å². The van der Waals surface area contributed by atoms with Crippen LogP contribution in [0.15, 0.2) is 0 Å². The van der Waals surface area contributed by atoms with Gasteiger partial charge in [-0.3, -0.25) is 0 Å². The van der Waals surface area contributed by atoms with Crippen molar-refractivity contribution in [1.29, 1.82) is 0 Å². The number of hydrogen-bond acceptors (Lipinski definition) is 4. The standard InChI is InChI=1S/C14H23N3S/c1-9-7-14(8-17(9)4,16-12-5-6-12)13-15-10(2)11(3)18-13/h9,12,16H,5-8H2,1-4H3. The Morgan fingerprint density at radius 1 is 1.39 bits per heavy atom. The highest BCUT2D eigenvalue weighted by molar-refractivity contribution is 7.11. The Morgan fingerprint density at radius 3 is 2.56 bits per heavy atom. The Bertz CT molecular complexity index is 415. The minimum Gasteiger partial charge on any atom is -0.301 e. The fraction of sp³-hybridized carbons (Fsp3) is 0.786. The van der Waals surface area contributed by atoms with Crippen LogP contribution in [0, 0.1) is 13.8 Å². The summed E-state index contributed by atoms with van der Waals surface area (Å²) in [4.78, 5) is 8.67. The van der Waals surface area contributed by atoms with Gasteiger partial charge in [0, 0.05) is 23.5 Å². The molecule has 1 aromatic heterocycles. The van der Waals surface area contributed by atoms with Gasteiger partial charge in [0.25, 0.3) is 0 Å². The van der Waals surface area contributed by atoms with Gasteiger partial charge < -0.3 is 10.2 Å². The number of nitrogens with zero attached hydrogens (tertiary/aromatic N) is 2. The average Bonchev–Trinajstić information content (AvgIpc) is 2.97. The summed E-state index contributed by atoms with van der Waals surface area (Å²) in [7, 11) is 2.23. The highest BCUT2D eigenvalue weighted by Crippen LogP contribution is 2.40. The van der Waals surface area contributed by atoms with Crippen LogP contribution in [0.3, 0.4) is 0 Å². The molecule has 2 atom stereocenters. The van der Waals surface area contributed by atoms with E-state index in [9.17, 15) is 0 Å². The number of rotatable bonds is 3. The summed E-state index contributed by atoms with van der Waals surface area (Å²) in [6.45, 7) is 7.73. The largest absolute Gasteiger partial charge is 0.301 e. The molecule has 0 amide bonds. The van der Waals surface area contributed by atoms with Crippen molar-refractivity contribution in [1.82, 2.24) is 15.2 Å². The smallest absolute Gasteiger partial charge is 0.115 e. The van der Waals surface area contributed by atoms with Gasteiger partial charge >= 0.3 is 0 Å². The molecule has 4 heteroatoms. The third-order valence-corrected chi connectivity index (χ3v) is 5.69. The molecule has 1 saturated heterocycles. The first-order valence-corrected chi connectivity index (χ1v) is 7.74. The summed E-state index contributed by atoms with van der Waals surface area (Å²) in [6, 6.07) is 1.37. The van der Waals surface area contributed by atoms with E-state index in [1.807, 2.05) is 11.3 Å². The number of thiazole rings is 1. The van der Waals surface area contributed by atoms with Gasteiger partial charge in [-0.1, -0.05) is 0 Å². The van der Waals surface area contributed by atoms with E-state index in [2.05, 4.69) is 38.0 Å². The van der Waals surface area contributed by atoms with Gasteiger partial charge in [0.1, 0.15) is 5.01 Å². The third kappa shape index (κ3) is 2.10. The van der Waals surface area contributed by atoms with E-state index in [1.54, 1.807) is 0 Å². The van der Waals surface area contributed by atoms with Crippen molar-refractivity contribution in [2.24, 2.45) is 0 Å². The van der Waals surface area contributed by atoms with Crippen molar-refractivity contribution < 1.29 is 0 Å². The van der Waals surface area contributed by atoms with Crippen LogP contribution in [0.25, 0.3) is 0 Å². The van der Waals surface area contributed by atoms with Crippen LogP contribution in [0.4, 0.5) is 0 Å². The maximum absolute atomic E-state index is 4.84. The minimum absolute atomic E-state index is 0.110. The maximum atomic E-state index is 4.84. The van der Waals surface area contributed by atoms with E-state index in [0.29, 0.717) is 6.04 Å². The SMILES string of the molecule is Cc1nc(C2(NC3CC3)CC(C)N(C)C2)sc1C. The Hall–Kier alpha value is -0.450. The predicted octanol–water partition coefficient (Wildman–Crippen LogP) is 2.43. The molecule has 1 aliphatic heterocycles. The second-order valence-corrected chi connectivity index (χ2v) is 7.33. The molecule has 1 N–H and O–H groups in total. The topological polar surface area (TPSA) is 28.2 Å². The molecule has 0 bridgehead atoms. The molecule has 2 fully saturated rings. The van der Waals surface area contributed by atoms with Crippen LogP contribution in [-0.4, -0.2) is 35.6 Å². The Kier molecular flexibility index (Phi) is 3.00. The summed E-state index contributed by atoms with van der Waals surface area (Å²) in [5.74, 6) is 0. The Morgan fingerprint density at radius 2 is 2.11 bits per heavy atom. The summed E-state index contributed by atoms with van der Waals surface area (Å²) < 4.78 is 0. The second-order valence-electron chi connectivity index (χ2n) is 6.13. The normalized spacial score (nSPS) is 33.2. The van der Waals surface area contributed by atoms with Crippen molar-refractivity contribution in [3.63, 3.8) is 0 Å². The van der Waals surface area contributed by atoms with Crippen molar-refractivity contribution >= 4 is 11.3 Å². The molecule has 0 spiro atoms. The van der Waals surface area contributed by atoms with E-state index in [-0.39, 0.29) is 5.54 Å². The van der Waals surface area contributed by atoms with Crippen LogP contribution in [0.5, 0.6) is 0 Å². The Labute approximate surface area is 114 Å². The maximum Gasteiger partial charge on any atom is 0.115 e. The number of likely N-dealkylation sites (N-methyl/N-ethyl adjacent to an activating group) is 1. The van der Waals surface area contributed by atoms with E-state index >= 15 is 0 Å². The van der Waals surface area contributed by atoms with Crippen LogP contribution in [0.1, 0.15) is 41.8 Å². The molecule has 2 unspecified atom stereocenters. The number of likely N-dealkylation sites (tertiary alicyclic amines) is 1. The van der Waals surface area contributed by atoms with E-state index in [4.69, 9.17) is 4.98 Å². The minimum atomic E-state index is 0.110. The summed E-state index contributed by atoms with van der Waals surface area (Å²) >= 11 is 1.88. The number of nitrogens with one attached hydrogen (secondary N) is 1. The third-order valence-electron chi connectivity index (χ3n) is 4.41. The van der Waals surface area contributed by atoms with Gasteiger partial charge in [0.05, 0.1) is 11.2 Å². The van der Waals surface area contributed by atoms with Crippen LogP contribution < -0.4 is 5.32 Å². The molecule has 0 aromatic carbocycles. The van der Waals surface area contributed by atoms with Crippen LogP contribution in [0.2, 0.25) is 0 Å². The molecule has 1 aliphatic carbocycles. The molecular weight excluding hydrogens is 242 g/mol. The highest BCUT2D eigenvalue weighted by atomic mass is 32.1. The second kappa shape index (κ2) is 4.29. The molecule has 2 heterocycles. The highest BCUT2D eigenvalue weighted by Gasteiger charge is 2.46. The van der Waals surface area contributed by atoms with Gasteiger partial charge in [-0.25, -0.2) is 4.98 Å². The fourth-order valence-electron chi connectivity index (χ4n) is 2.92. The fourth-order valence-corrected chi connectivity index (χ4v) is 3.99. The molecule has 3 rings (SSSR count). The molecule has 100 valence electrons. The summed E-state index contributed by atoms with van der Waals surface area (Å²) in [6.07, 6.45) is 3.86. The summed E-state index contributed by atoms with van der Waals surface area (Å²) in [5.41, 5.74) is 1.31. The van der Waals surface area contributed by atoms with Gasteiger partial charge in [0.2, 0.25) is 0 Å². The monoisotopic (exact) mass is 265 g/mol. The molecule has 1 aromatic rings. The lowest BCUT2D eigenvalue weighted by Gasteiger charge is -2.28. The zero-order chi connectivity index (χ0) is 12.9. The number of hydrogen-bond donors (Lipinski definition) is 1. The molecular formula is C14H23N3S. The lowest BCUT2D eigenvalue weighted by atomic mass is 9.96. The molecule has 3 nitrogen and oxygen atoms in total. The van der Waals surface area contributed by atoms with E-state index < -0.39 is 0 Å². The lowest BCUT2D eigenvalue weighted by Crippen LogP contribution is -2.45.